The van der Waals surface area contributed by atoms with Crippen LogP contribution < -0.4 is 5.32 Å². The number of nitrogens with zero attached hydrogens (tertiary/aromatic N) is 3. The fourth-order valence-electron chi connectivity index (χ4n) is 2.87. The van der Waals surface area contributed by atoms with Gasteiger partial charge < -0.3 is 5.11 Å². The van der Waals surface area contributed by atoms with E-state index in [0.717, 1.165) is 9.35 Å². The predicted octanol–water partition coefficient (Wildman–Crippen LogP) is 5.02. The summed E-state index contributed by atoms with van der Waals surface area (Å²) in [6, 6.07) is 17.7. The highest BCUT2D eigenvalue weighted by Gasteiger charge is 2.21. The fourth-order valence-corrected chi connectivity index (χ4v) is 4.10. The lowest BCUT2D eigenvalue weighted by Gasteiger charge is -2.06. The van der Waals surface area contributed by atoms with Crippen LogP contribution >= 0.6 is 27.3 Å². The van der Waals surface area contributed by atoms with Crippen LogP contribution in [0.15, 0.2) is 65.1 Å². The summed E-state index contributed by atoms with van der Waals surface area (Å²) in [7, 11) is 0. The lowest BCUT2D eigenvalue weighted by atomic mass is 10.2. The molecule has 0 spiro atoms. The van der Waals surface area contributed by atoms with Crippen LogP contribution in [0.2, 0.25) is 0 Å². The number of amides is 1. The number of hydrogen-bond acceptors (Lipinski definition) is 5. The Morgan fingerprint density at radius 1 is 1.10 bits per heavy atom. The minimum absolute atomic E-state index is 0.0735. The quantitative estimate of drug-likeness (QED) is 0.416. The summed E-state index contributed by atoms with van der Waals surface area (Å²) in [5, 5.41) is 16.9. The Morgan fingerprint density at radius 3 is 2.47 bits per heavy atom. The summed E-state index contributed by atoms with van der Waals surface area (Å²) < 4.78 is 2.47. The first-order valence-corrected chi connectivity index (χ1v) is 10.5. The van der Waals surface area contributed by atoms with Crippen molar-refractivity contribution in [2.24, 2.45) is 0 Å². The molecule has 30 heavy (non-hydrogen) atoms. The van der Waals surface area contributed by atoms with Crippen molar-refractivity contribution in [1.29, 1.82) is 0 Å². The molecule has 0 unspecified atom stereocenters. The summed E-state index contributed by atoms with van der Waals surface area (Å²) in [6.07, 6.45) is 0. The van der Waals surface area contributed by atoms with Gasteiger partial charge in [0.25, 0.3) is 5.91 Å². The van der Waals surface area contributed by atoms with Crippen LogP contribution in [0.25, 0.3) is 16.3 Å². The molecule has 0 fully saturated rings. The van der Waals surface area contributed by atoms with Crippen LogP contribution in [0.1, 0.15) is 26.5 Å². The molecule has 2 N–H and O–H groups in total. The minimum atomic E-state index is -1.12. The first kappa shape index (κ1) is 20.0. The second kappa shape index (κ2) is 8.21. The molecule has 4 rings (SSSR count). The average Bonchev–Trinajstić information content (AvgIpc) is 3.33. The van der Waals surface area contributed by atoms with Crippen LogP contribution in [0.4, 0.5) is 5.13 Å². The molecule has 0 aliphatic rings. The summed E-state index contributed by atoms with van der Waals surface area (Å²) >= 11 is 4.66. The molecule has 150 valence electrons. The van der Waals surface area contributed by atoms with E-state index in [9.17, 15) is 14.7 Å². The van der Waals surface area contributed by atoms with Gasteiger partial charge in [0.1, 0.15) is 0 Å². The van der Waals surface area contributed by atoms with Crippen molar-refractivity contribution in [3.05, 3.63) is 82.1 Å². The maximum absolute atomic E-state index is 12.4. The smallest absolute Gasteiger partial charge is 0.356 e. The summed E-state index contributed by atoms with van der Waals surface area (Å²) in [5.74, 6) is -1.38. The predicted molar refractivity (Wildman–Crippen MR) is 118 cm³/mol. The van der Waals surface area contributed by atoms with Crippen LogP contribution in [0.3, 0.4) is 0 Å². The van der Waals surface area contributed by atoms with E-state index in [0.29, 0.717) is 27.8 Å². The Hall–Kier alpha value is -3.30. The van der Waals surface area contributed by atoms with Crippen molar-refractivity contribution in [1.82, 2.24) is 14.8 Å². The van der Waals surface area contributed by atoms with Gasteiger partial charge in [-0.3, -0.25) is 10.1 Å². The lowest BCUT2D eigenvalue weighted by Crippen LogP contribution is -2.11. The zero-order valence-corrected chi connectivity index (χ0v) is 18.1. The average molecular weight is 483 g/mol. The van der Waals surface area contributed by atoms with Gasteiger partial charge in [-0.25, -0.2) is 14.5 Å². The Morgan fingerprint density at radius 2 is 1.80 bits per heavy atom. The number of carbonyl (C=O) groups excluding carboxylic acids is 1. The standard InChI is InChI=1S/C21H15BrN4O3S/c1-12-18(30-21(23-12)24-19(27)13-5-3-2-4-6-13)17-11-16(20(28)29)25-26(17)15-9-7-14(22)8-10-15/h2-11H,1H3,(H,28,29)(H,23,24,27). The van der Waals surface area contributed by atoms with E-state index in [1.165, 1.54) is 17.4 Å². The largest absolute Gasteiger partial charge is 0.476 e. The van der Waals surface area contributed by atoms with E-state index in [2.05, 4.69) is 31.3 Å². The van der Waals surface area contributed by atoms with Crippen LogP contribution in [0.5, 0.6) is 0 Å². The Bertz CT molecular complexity index is 1230. The van der Waals surface area contributed by atoms with Gasteiger partial charge in [-0.05, 0) is 43.3 Å². The number of carbonyl (C=O) groups is 2. The molecule has 2 aromatic heterocycles. The molecule has 0 atom stereocenters. The number of carboxylic acid groups (broad SMARTS) is 1. The molecular weight excluding hydrogens is 468 g/mol. The zero-order chi connectivity index (χ0) is 21.3. The fraction of sp³-hybridized carbons (Fsp3) is 0.0476. The van der Waals surface area contributed by atoms with Gasteiger partial charge in [0, 0.05) is 16.1 Å². The van der Waals surface area contributed by atoms with Crippen molar-refractivity contribution in [3.8, 4) is 16.3 Å². The number of thiazole rings is 1. The monoisotopic (exact) mass is 482 g/mol. The SMILES string of the molecule is Cc1nc(NC(=O)c2ccccc2)sc1-c1cc(C(=O)O)nn1-c1ccc(Br)cc1. The van der Waals surface area contributed by atoms with E-state index < -0.39 is 5.97 Å². The summed E-state index contributed by atoms with van der Waals surface area (Å²) in [5.41, 5.74) is 2.42. The zero-order valence-electron chi connectivity index (χ0n) is 15.7. The first-order valence-electron chi connectivity index (χ1n) is 8.86. The number of anilines is 1. The van der Waals surface area contributed by atoms with Gasteiger partial charge in [0.2, 0.25) is 0 Å². The first-order chi connectivity index (χ1) is 14.4. The Labute approximate surface area is 184 Å². The third-order valence-electron chi connectivity index (χ3n) is 4.29. The van der Waals surface area contributed by atoms with E-state index in [1.54, 1.807) is 28.9 Å². The lowest BCUT2D eigenvalue weighted by molar-refractivity contribution is 0.0689. The number of rotatable bonds is 5. The third-order valence-corrected chi connectivity index (χ3v) is 5.91. The molecule has 4 aromatic rings. The highest BCUT2D eigenvalue weighted by Crippen LogP contribution is 2.35. The highest BCUT2D eigenvalue weighted by molar-refractivity contribution is 9.10. The number of aryl methyl sites for hydroxylation is 1. The number of hydrogen-bond donors (Lipinski definition) is 2. The molecule has 0 bridgehead atoms. The van der Waals surface area contributed by atoms with Crippen LogP contribution in [-0.4, -0.2) is 31.7 Å². The number of carboxylic acids is 1. The Kier molecular flexibility index (Phi) is 5.47. The number of aromatic nitrogens is 3. The van der Waals surface area contributed by atoms with Crippen LogP contribution in [0, 0.1) is 6.92 Å². The molecular formula is C21H15BrN4O3S. The maximum atomic E-state index is 12.4. The minimum Gasteiger partial charge on any atom is -0.476 e. The third kappa shape index (κ3) is 4.03. The molecule has 0 radical (unpaired) electrons. The van der Waals surface area contributed by atoms with Gasteiger partial charge in [0.15, 0.2) is 10.8 Å². The number of nitrogens with one attached hydrogen (secondary N) is 1. The Balaban J connectivity index is 1.73. The number of halogens is 1. The highest BCUT2D eigenvalue weighted by atomic mass is 79.9. The van der Waals surface area contributed by atoms with Gasteiger partial charge in [-0.15, -0.1) is 0 Å². The molecule has 2 heterocycles. The van der Waals surface area contributed by atoms with Gasteiger partial charge in [-0.1, -0.05) is 45.5 Å². The van der Waals surface area contributed by atoms with Crippen molar-refractivity contribution in [3.63, 3.8) is 0 Å². The molecule has 1 amide bonds. The van der Waals surface area contributed by atoms with E-state index in [4.69, 9.17) is 0 Å². The molecule has 7 nitrogen and oxygen atoms in total. The molecule has 0 aliphatic heterocycles. The van der Waals surface area contributed by atoms with Crippen LogP contribution in [-0.2, 0) is 0 Å². The molecule has 9 heteroatoms. The van der Waals surface area contributed by atoms with Crippen molar-refractivity contribution >= 4 is 44.3 Å². The van der Waals surface area contributed by atoms with Crippen molar-refractivity contribution in [2.45, 2.75) is 6.92 Å². The summed E-state index contributed by atoms with van der Waals surface area (Å²) in [4.78, 5) is 29.1. The van der Waals surface area contributed by atoms with Gasteiger partial charge >= 0.3 is 5.97 Å². The van der Waals surface area contributed by atoms with Crippen molar-refractivity contribution < 1.29 is 14.7 Å². The molecule has 0 aliphatic carbocycles. The van der Waals surface area contributed by atoms with Crippen molar-refractivity contribution in [2.75, 3.05) is 5.32 Å². The van der Waals surface area contributed by atoms with E-state index in [1.807, 2.05) is 37.3 Å². The van der Waals surface area contributed by atoms with Gasteiger partial charge in [-0.2, -0.15) is 5.10 Å². The molecule has 2 aromatic carbocycles. The van der Waals surface area contributed by atoms with E-state index >= 15 is 0 Å². The number of aromatic carboxylic acids is 1. The normalized spacial score (nSPS) is 10.7. The summed E-state index contributed by atoms with van der Waals surface area (Å²) in [6.45, 7) is 1.81. The molecule has 0 saturated carbocycles. The number of benzene rings is 2. The topological polar surface area (TPSA) is 97.1 Å². The molecule has 0 saturated heterocycles. The van der Waals surface area contributed by atoms with Gasteiger partial charge in [0.05, 0.1) is 22.0 Å². The second-order valence-corrected chi connectivity index (χ2v) is 8.28. The van der Waals surface area contributed by atoms with E-state index in [-0.39, 0.29) is 11.6 Å². The second-order valence-electron chi connectivity index (χ2n) is 6.36. The maximum Gasteiger partial charge on any atom is 0.356 e.